The number of benzene rings is 1. The first-order valence-corrected chi connectivity index (χ1v) is 5.44. The van der Waals surface area contributed by atoms with Crippen LogP contribution in [0.15, 0.2) is 22.8 Å². The van der Waals surface area contributed by atoms with Gasteiger partial charge in [0.05, 0.1) is 12.8 Å². The highest BCUT2D eigenvalue weighted by molar-refractivity contribution is 5.71. The van der Waals surface area contributed by atoms with E-state index in [1.807, 2.05) is 0 Å². The van der Waals surface area contributed by atoms with E-state index in [1.54, 1.807) is 0 Å². The fourth-order valence-corrected chi connectivity index (χ4v) is 1.57. The van der Waals surface area contributed by atoms with Gasteiger partial charge in [-0.2, -0.15) is 9.97 Å². The third-order valence-electron chi connectivity index (χ3n) is 2.48. The highest BCUT2D eigenvalue weighted by Crippen LogP contribution is 2.27. The van der Waals surface area contributed by atoms with Gasteiger partial charge in [-0.25, -0.2) is 13.4 Å². The lowest BCUT2D eigenvalue weighted by Crippen LogP contribution is -2.02. The van der Waals surface area contributed by atoms with Gasteiger partial charge in [-0.05, 0) is 22.4 Å². The number of halogens is 2. The lowest BCUT2D eigenvalue weighted by atomic mass is 10.3. The van der Waals surface area contributed by atoms with Crippen molar-refractivity contribution in [3.05, 3.63) is 29.8 Å². The van der Waals surface area contributed by atoms with Crippen molar-refractivity contribution in [3.8, 4) is 5.88 Å². The van der Waals surface area contributed by atoms with Gasteiger partial charge in [0.1, 0.15) is 0 Å². The maximum Gasteiger partial charge on any atom is 0.259 e. The highest BCUT2D eigenvalue weighted by atomic mass is 19.2. The fourth-order valence-electron chi connectivity index (χ4n) is 1.57. The summed E-state index contributed by atoms with van der Waals surface area (Å²) >= 11 is 0. The van der Waals surface area contributed by atoms with Crippen LogP contribution in [0.3, 0.4) is 0 Å². The topological polar surface area (TPSA) is 86.0 Å². The SMILES string of the molecule is COc1nc2nonc2nc1Nc1cccc(F)c1F. The summed E-state index contributed by atoms with van der Waals surface area (Å²) in [6.07, 6.45) is 0. The van der Waals surface area contributed by atoms with Crippen molar-refractivity contribution >= 4 is 22.8 Å². The minimum Gasteiger partial charge on any atom is -0.478 e. The van der Waals surface area contributed by atoms with Crippen molar-refractivity contribution < 1.29 is 18.1 Å². The zero-order chi connectivity index (χ0) is 14.1. The van der Waals surface area contributed by atoms with Gasteiger partial charge >= 0.3 is 0 Å². The zero-order valence-electron chi connectivity index (χ0n) is 10.1. The van der Waals surface area contributed by atoms with Crippen LogP contribution in [0.25, 0.3) is 11.3 Å². The largest absolute Gasteiger partial charge is 0.478 e. The molecule has 0 unspecified atom stereocenters. The van der Waals surface area contributed by atoms with Crippen LogP contribution in [0.5, 0.6) is 5.88 Å². The van der Waals surface area contributed by atoms with Gasteiger partial charge in [0.25, 0.3) is 5.88 Å². The average molecular weight is 279 g/mol. The van der Waals surface area contributed by atoms with Gasteiger partial charge in [-0.15, -0.1) is 0 Å². The highest BCUT2D eigenvalue weighted by Gasteiger charge is 2.15. The number of aromatic nitrogens is 4. The molecule has 3 rings (SSSR count). The Morgan fingerprint density at radius 2 is 1.90 bits per heavy atom. The minimum absolute atomic E-state index is 0.0526. The minimum atomic E-state index is -1.03. The Hall–Kier alpha value is -2.84. The van der Waals surface area contributed by atoms with Crippen LogP contribution in [-0.4, -0.2) is 27.4 Å². The molecule has 0 atom stereocenters. The Balaban J connectivity index is 2.07. The molecule has 2 aromatic heterocycles. The van der Waals surface area contributed by atoms with E-state index in [2.05, 4.69) is 30.2 Å². The molecule has 0 aliphatic rings. The van der Waals surface area contributed by atoms with Crippen molar-refractivity contribution in [2.24, 2.45) is 0 Å². The van der Waals surface area contributed by atoms with E-state index in [0.29, 0.717) is 0 Å². The molecule has 3 aromatic rings. The van der Waals surface area contributed by atoms with E-state index in [9.17, 15) is 8.78 Å². The molecule has 0 fully saturated rings. The normalized spacial score (nSPS) is 10.8. The first kappa shape index (κ1) is 12.2. The van der Waals surface area contributed by atoms with Crippen LogP contribution in [-0.2, 0) is 0 Å². The predicted octanol–water partition coefficient (Wildman–Crippen LogP) is 2.04. The molecule has 20 heavy (non-hydrogen) atoms. The summed E-state index contributed by atoms with van der Waals surface area (Å²) in [4.78, 5) is 7.99. The number of anilines is 2. The number of hydrogen-bond donors (Lipinski definition) is 1. The molecule has 0 spiro atoms. The number of nitrogens with one attached hydrogen (secondary N) is 1. The van der Waals surface area contributed by atoms with Crippen LogP contribution >= 0.6 is 0 Å². The third kappa shape index (κ3) is 1.98. The van der Waals surface area contributed by atoms with E-state index >= 15 is 0 Å². The monoisotopic (exact) mass is 279 g/mol. The summed E-state index contributed by atoms with van der Waals surface area (Å²) in [5, 5.41) is 9.61. The molecular formula is C11H7F2N5O2. The Kier molecular flexibility index (Phi) is 2.86. The molecule has 0 amide bonds. The molecule has 0 saturated heterocycles. The van der Waals surface area contributed by atoms with Gasteiger partial charge in [-0.1, -0.05) is 6.07 Å². The lowest BCUT2D eigenvalue weighted by Gasteiger charge is -2.09. The number of rotatable bonds is 3. The van der Waals surface area contributed by atoms with Gasteiger partial charge in [0.2, 0.25) is 11.3 Å². The maximum atomic E-state index is 13.6. The number of methoxy groups -OCH3 is 1. The second-order valence-electron chi connectivity index (χ2n) is 3.72. The number of nitrogens with zero attached hydrogens (tertiary/aromatic N) is 4. The number of hydrogen-bond acceptors (Lipinski definition) is 7. The second-order valence-corrected chi connectivity index (χ2v) is 3.72. The van der Waals surface area contributed by atoms with Crippen molar-refractivity contribution in [1.82, 2.24) is 20.3 Å². The summed E-state index contributed by atoms with van der Waals surface area (Å²) in [6.45, 7) is 0. The van der Waals surface area contributed by atoms with E-state index in [4.69, 9.17) is 4.74 Å². The summed E-state index contributed by atoms with van der Waals surface area (Å²) in [7, 11) is 1.36. The van der Waals surface area contributed by atoms with Gasteiger partial charge in [0, 0.05) is 0 Å². The maximum absolute atomic E-state index is 13.6. The lowest BCUT2D eigenvalue weighted by molar-refractivity contribution is 0.313. The summed E-state index contributed by atoms with van der Waals surface area (Å²) in [5.74, 6) is -1.89. The Morgan fingerprint density at radius 3 is 2.65 bits per heavy atom. The molecule has 2 heterocycles. The zero-order valence-corrected chi connectivity index (χ0v) is 10.1. The van der Waals surface area contributed by atoms with Crippen LogP contribution < -0.4 is 10.1 Å². The van der Waals surface area contributed by atoms with E-state index in [-0.39, 0.29) is 28.7 Å². The number of ether oxygens (including phenoxy) is 1. The molecule has 0 saturated carbocycles. The third-order valence-corrected chi connectivity index (χ3v) is 2.48. The average Bonchev–Trinajstić information content (AvgIpc) is 2.90. The van der Waals surface area contributed by atoms with Gasteiger partial charge < -0.3 is 10.1 Å². The molecule has 1 aromatic carbocycles. The predicted molar refractivity (Wildman–Crippen MR) is 63.6 cm³/mol. The molecule has 0 bridgehead atoms. The Bertz CT molecular complexity index is 777. The van der Waals surface area contributed by atoms with Crippen molar-refractivity contribution in [2.45, 2.75) is 0 Å². The van der Waals surface area contributed by atoms with Crippen molar-refractivity contribution in [1.29, 1.82) is 0 Å². The first-order chi connectivity index (χ1) is 9.69. The van der Waals surface area contributed by atoms with E-state index in [1.165, 1.54) is 19.2 Å². The second kappa shape index (κ2) is 4.68. The fraction of sp³-hybridized carbons (Fsp3) is 0.0909. The van der Waals surface area contributed by atoms with Crippen molar-refractivity contribution in [3.63, 3.8) is 0 Å². The summed E-state index contributed by atoms with van der Waals surface area (Å²) in [5.41, 5.74) is 0.158. The molecule has 1 N–H and O–H groups in total. The Labute approximate surface area is 110 Å². The molecule has 0 radical (unpaired) electrons. The van der Waals surface area contributed by atoms with Crippen LogP contribution in [0, 0.1) is 11.6 Å². The first-order valence-electron chi connectivity index (χ1n) is 5.44. The smallest absolute Gasteiger partial charge is 0.259 e. The van der Waals surface area contributed by atoms with Crippen molar-refractivity contribution in [2.75, 3.05) is 12.4 Å². The standard InChI is InChI=1S/C11H7F2N5O2/c1-19-11-10(15-8-9(16-11)18-20-17-8)14-6-4-2-3-5(12)7(6)13/h2-4H,1H3,(H,14,15,17). The summed E-state index contributed by atoms with van der Waals surface area (Å²) < 4.78 is 36.2. The number of fused-ring (bicyclic) bond motifs is 1. The molecular weight excluding hydrogens is 272 g/mol. The quantitative estimate of drug-likeness (QED) is 0.785. The van der Waals surface area contributed by atoms with E-state index in [0.717, 1.165) is 6.07 Å². The molecule has 0 aliphatic carbocycles. The molecule has 7 nitrogen and oxygen atoms in total. The van der Waals surface area contributed by atoms with Crippen LogP contribution in [0.4, 0.5) is 20.3 Å². The van der Waals surface area contributed by atoms with Crippen LogP contribution in [0.2, 0.25) is 0 Å². The van der Waals surface area contributed by atoms with Gasteiger partial charge in [0.15, 0.2) is 17.5 Å². The molecule has 9 heteroatoms. The molecule has 102 valence electrons. The van der Waals surface area contributed by atoms with E-state index < -0.39 is 11.6 Å². The summed E-state index contributed by atoms with van der Waals surface area (Å²) in [6, 6.07) is 3.72. The van der Waals surface area contributed by atoms with Crippen LogP contribution in [0.1, 0.15) is 0 Å². The molecule has 0 aliphatic heterocycles. The Morgan fingerprint density at radius 1 is 1.15 bits per heavy atom. The van der Waals surface area contributed by atoms with Gasteiger partial charge in [-0.3, -0.25) is 0 Å².